The molecule has 1 fully saturated rings. The molecule has 2 N–H and O–H groups in total. The first-order valence-corrected chi connectivity index (χ1v) is 14.6. The number of amides is 3. The van der Waals surface area contributed by atoms with Crippen LogP contribution in [0.2, 0.25) is 0 Å². The molecule has 1 atom stereocenters. The third-order valence-electron chi connectivity index (χ3n) is 6.75. The number of rotatable bonds is 11. The monoisotopic (exact) mass is 561 g/mol. The summed E-state index contributed by atoms with van der Waals surface area (Å²) >= 11 is 1.36. The first kappa shape index (κ1) is 30.9. The van der Waals surface area contributed by atoms with Gasteiger partial charge in [0.1, 0.15) is 5.66 Å². The number of hydroxylamine groups is 2. The lowest BCUT2D eigenvalue weighted by molar-refractivity contribution is -0.131. The maximum atomic E-state index is 13.6. The topological polar surface area (TPSA) is 113 Å². The number of benzene rings is 1. The minimum Gasteiger partial charge on any atom is -0.438 e. The summed E-state index contributed by atoms with van der Waals surface area (Å²) in [7, 11) is 3.44. The van der Waals surface area contributed by atoms with Gasteiger partial charge in [-0.15, -0.1) is 5.10 Å². The zero-order chi connectivity index (χ0) is 28.6. The summed E-state index contributed by atoms with van der Waals surface area (Å²) in [6, 6.07) is 6.74. The van der Waals surface area contributed by atoms with Crippen molar-refractivity contribution in [1.29, 1.82) is 0 Å². The van der Waals surface area contributed by atoms with E-state index in [-0.39, 0.29) is 16.9 Å². The summed E-state index contributed by atoms with van der Waals surface area (Å²) in [5, 5.41) is 13.7. The quantitative estimate of drug-likeness (QED) is 0.293. The average Bonchev–Trinajstić information content (AvgIpc) is 3.31. The number of Topliss-reactive ketones (excluding diaryl/α,β-unsaturated/α-hetero) is 1. The molecule has 1 aliphatic heterocycles. The van der Waals surface area contributed by atoms with Crippen LogP contribution >= 0.6 is 11.8 Å². The van der Waals surface area contributed by atoms with Crippen LogP contribution in [0.4, 0.5) is 4.79 Å². The molecule has 11 heteroatoms. The van der Waals surface area contributed by atoms with Crippen molar-refractivity contribution in [2.24, 2.45) is 11.0 Å². The summed E-state index contributed by atoms with van der Waals surface area (Å²) in [5.74, 6) is -0.118. The van der Waals surface area contributed by atoms with Crippen LogP contribution in [0.15, 0.2) is 29.4 Å². The minimum absolute atomic E-state index is 0.170. The van der Waals surface area contributed by atoms with Gasteiger partial charge in [0.25, 0.3) is 17.4 Å². The molecule has 3 amide bonds. The lowest BCUT2D eigenvalue weighted by atomic mass is 9.88. The number of urea groups is 1. The van der Waals surface area contributed by atoms with Gasteiger partial charge in [0.15, 0.2) is 5.78 Å². The van der Waals surface area contributed by atoms with E-state index in [1.807, 2.05) is 46.9 Å². The van der Waals surface area contributed by atoms with E-state index in [2.05, 4.69) is 15.7 Å². The van der Waals surface area contributed by atoms with Gasteiger partial charge in [-0.25, -0.2) is 4.79 Å². The Bertz CT molecular complexity index is 1020. The predicted molar refractivity (Wildman–Crippen MR) is 153 cm³/mol. The average molecular weight is 562 g/mol. The van der Waals surface area contributed by atoms with E-state index >= 15 is 0 Å². The molecule has 39 heavy (non-hydrogen) atoms. The Morgan fingerprint density at radius 3 is 2.38 bits per heavy atom. The second-order valence-electron chi connectivity index (χ2n) is 10.9. The van der Waals surface area contributed by atoms with E-state index in [0.29, 0.717) is 48.9 Å². The molecule has 1 aromatic carbocycles. The number of thioether (sulfide) groups is 1. The summed E-state index contributed by atoms with van der Waals surface area (Å²) in [4.78, 5) is 45.1. The number of hydrazone groups is 1. The van der Waals surface area contributed by atoms with E-state index in [1.54, 1.807) is 24.3 Å². The van der Waals surface area contributed by atoms with E-state index in [9.17, 15) is 14.4 Å². The van der Waals surface area contributed by atoms with Crippen molar-refractivity contribution in [3.8, 4) is 0 Å². The summed E-state index contributed by atoms with van der Waals surface area (Å²) < 4.78 is 5.85. The van der Waals surface area contributed by atoms with Gasteiger partial charge in [-0.05, 0) is 55.7 Å². The first-order valence-electron chi connectivity index (χ1n) is 13.7. The highest BCUT2D eigenvalue weighted by molar-refractivity contribution is 8.14. The van der Waals surface area contributed by atoms with Gasteiger partial charge in [0, 0.05) is 30.8 Å². The fourth-order valence-corrected chi connectivity index (χ4v) is 5.23. The number of hydrogen-bond acceptors (Lipinski definition) is 8. The second-order valence-corrected chi connectivity index (χ2v) is 12.5. The van der Waals surface area contributed by atoms with Crippen molar-refractivity contribution in [2.75, 3.05) is 14.2 Å². The Kier molecular flexibility index (Phi) is 11.2. The number of ketones is 1. The normalized spacial score (nSPS) is 18.7. The lowest BCUT2D eigenvalue weighted by Crippen LogP contribution is -2.64. The number of nitrogens with one attached hydrogen (secondary N) is 2. The smallest absolute Gasteiger partial charge is 0.343 e. The zero-order valence-electron chi connectivity index (χ0n) is 24.0. The summed E-state index contributed by atoms with van der Waals surface area (Å²) in [6.45, 7) is 8.66. The van der Waals surface area contributed by atoms with Crippen molar-refractivity contribution >= 4 is 34.7 Å². The van der Waals surface area contributed by atoms with E-state index in [4.69, 9.17) is 9.57 Å². The largest absolute Gasteiger partial charge is 0.438 e. The number of hydrogen-bond donors (Lipinski definition) is 2. The van der Waals surface area contributed by atoms with Crippen molar-refractivity contribution in [3.63, 3.8) is 0 Å². The summed E-state index contributed by atoms with van der Waals surface area (Å²) in [5.41, 5.74) is 0.556. The van der Waals surface area contributed by atoms with Crippen LogP contribution in [0.25, 0.3) is 0 Å². The molecule has 0 spiro atoms. The molecule has 0 radical (unpaired) electrons. The second kappa shape index (κ2) is 14.1. The van der Waals surface area contributed by atoms with Crippen LogP contribution in [-0.2, 0) is 20.9 Å². The highest BCUT2D eigenvalue weighted by Crippen LogP contribution is 2.29. The maximum absolute atomic E-state index is 13.6. The fraction of sp³-hybridized carbons (Fsp3) is 0.643. The maximum Gasteiger partial charge on any atom is 0.343 e. The molecule has 1 unspecified atom stereocenters. The Hall–Kier alpha value is -2.63. The van der Waals surface area contributed by atoms with Crippen LogP contribution in [0, 0.1) is 5.92 Å². The van der Waals surface area contributed by atoms with Gasteiger partial charge < -0.3 is 20.2 Å². The third-order valence-corrected chi connectivity index (χ3v) is 7.60. The van der Waals surface area contributed by atoms with Crippen LogP contribution in [0.1, 0.15) is 88.6 Å². The van der Waals surface area contributed by atoms with E-state index in [0.717, 1.165) is 29.8 Å². The van der Waals surface area contributed by atoms with Crippen LogP contribution in [0.3, 0.4) is 0 Å². The molecule has 216 valence electrons. The zero-order valence-corrected chi connectivity index (χ0v) is 24.8. The van der Waals surface area contributed by atoms with Crippen molar-refractivity contribution in [3.05, 3.63) is 35.4 Å². The van der Waals surface area contributed by atoms with Gasteiger partial charge in [-0.3, -0.25) is 9.59 Å². The standard InChI is InChI=1S/C28H43N5O5S/c1-19(2)10-15-23(34)25-33(31-27(38-25)39-20(3)4)26(36)30-28(16-8-7-9-17-28)29-24(35)22-13-11-21(12-14-22)18-32(5)37-6/h11-14,19-20,25H,7-10,15-18H2,1-6H3,(H,29,35)(H,30,36). The molecule has 0 aromatic heterocycles. The third kappa shape index (κ3) is 8.94. The molecule has 0 saturated heterocycles. The molecular weight excluding hydrogens is 518 g/mol. The van der Waals surface area contributed by atoms with Gasteiger partial charge in [-0.1, -0.05) is 58.0 Å². The Balaban J connectivity index is 1.76. The number of carbonyl (C=O) groups excluding carboxylic acids is 3. The molecule has 1 aromatic rings. The Labute approximate surface area is 236 Å². The fourth-order valence-electron chi connectivity index (χ4n) is 4.54. The molecule has 3 rings (SSSR count). The van der Waals surface area contributed by atoms with Crippen LogP contribution < -0.4 is 10.6 Å². The molecule has 2 aliphatic rings. The number of carbonyl (C=O) groups is 3. The highest BCUT2D eigenvalue weighted by atomic mass is 32.2. The van der Waals surface area contributed by atoms with Gasteiger partial charge in [-0.2, -0.15) is 10.1 Å². The molecular formula is C28H43N5O5S. The minimum atomic E-state index is -1.11. The number of ether oxygens (including phenoxy) is 1. The predicted octanol–water partition coefficient (Wildman–Crippen LogP) is 4.86. The van der Waals surface area contributed by atoms with E-state index < -0.39 is 17.9 Å². The molecule has 1 saturated carbocycles. The molecule has 10 nitrogen and oxygen atoms in total. The molecule has 1 aliphatic carbocycles. The Morgan fingerprint density at radius 2 is 1.79 bits per heavy atom. The highest BCUT2D eigenvalue weighted by Gasteiger charge is 2.43. The molecule has 1 heterocycles. The van der Waals surface area contributed by atoms with Crippen LogP contribution in [0.5, 0.6) is 0 Å². The van der Waals surface area contributed by atoms with E-state index in [1.165, 1.54) is 11.8 Å². The SMILES string of the molecule is CON(C)Cc1ccc(C(=O)NC2(NC(=O)N3N=C(SC(C)C)OC3C(=O)CCC(C)C)CCCCC2)cc1. The van der Waals surface area contributed by atoms with Crippen LogP contribution in [-0.4, -0.2) is 64.3 Å². The van der Waals surface area contributed by atoms with Gasteiger partial charge >= 0.3 is 6.03 Å². The lowest BCUT2D eigenvalue weighted by Gasteiger charge is -2.39. The van der Waals surface area contributed by atoms with Crippen molar-refractivity contribution in [2.45, 2.75) is 96.3 Å². The van der Waals surface area contributed by atoms with Crippen molar-refractivity contribution in [1.82, 2.24) is 20.7 Å². The van der Waals surface area contributed by atoms with Crippen molar-refractivity contribution < 1.29 is 24.0 Å². The number of nitrogens with zero attached hydrogens (tertiary/aromatic N) is 3. The van der Waals surface area contributed by atoms with Gasteiger partial charge in [0.2, 0.25) is 0 Å². The Morgan fingerprint density at radius 1 is 1.13 bits per heavy atom. The summed E-state index contributed by atoms with van der Waals surface area (Å²) in [6.07, 6.45) is 3.77. The molecule has 0 bridgehead atoms. The first-order chi connectivity index (χ1) is 18.5. The van der Waals surface area contributed by atoms with Gasteiger partial charge in [0.05, 0.1) is 7.11 Å².